The number of aromatic nitrogens is 2. The number of para-hydroxylation sites is 1. The van der Waals surface area contributed by atoms with Gasteiger partial charge in [-0.25, -0.2) is 4.98 Å². The van der Waals surface area contributed by atoms with E-state index in [0.29, 0.717) is 18.8 Å². The van der Waals surface area contributed by atoms with Gasteiger partial charge in [-0.15, -0.1) is 0 Å². The van der Waals surface area contributed by atoms with Crippen molar-refractivity contribution in [2.75, 3.05) is 18.0 Å². The van der Waals surface area contributed by atoms with Gasteiger partial charge >= 0.3 is 0 Å². The summed E-state index contributed by atoms with van der Waals surface area (Å²) in [5, 5.41) is 21.9. The minimum absolute atomic E-state index is 0.00338. The molecule has 8 heteroatoms. The second-order valence-corrected chi connectivity index (χ2v) is 11.0. The molecular weight excluding hydrogens is 490 g/mol. The van der Waals surface area contributed by atoms with Crippen LogP contribution in [0.4, 0.5) is 5.69 Å². The van der Waals surface area contributed by atoms with Crippen LogP contribution in [0.1, 0.15) is 36.7 Å². The Morgan fingerprint density at radius 3 is 2.56 bits per heavy atom. The topological polar surface area (TPSA) is 103 Å². The maximum absolute atomic E-state index is 14.1. The number of fused-ring (bicyclic) bond motifs is 3. The highest BCUT2D eigenvalue weighted by Crippen LogP contribution is 2.49. The van der Waals surface area contributed by atoms with Gasteiger partial charge in [-0.05, 0) is 48.9 Å². The van der Waals surface area contributed by atoms with E-state index in [0.717, 1.165) is 51.7 Å². The van der Waals surface area contributed by atoms with E-state index in [9.17, 15) is 15.2 Å². The lowest BCUT2D eigenvalue weighted by molar-refractivity contribution is -0.249. The lowest BCUT2D eigenvalue weighted by Gasteiger charge is -2.48. The first-order valence-corrected chi connectivity index (χ1v) is 13.2. The summed E-state index contributed by atoms with van der Waals surface area (Å²) in [6, 6.07) is 21.6. The predicted molar refractivity (Wildman–Crippen MR) is 145 cm³/mol. The maximum atomic E-state index is 14.1. The first-order valence-electron chi connectivity index (χ1n) is 13.2. The van der Waals surface area contributed by atoms with Crippen LogP contribution in [0.2, 0.25) is 0 Å². The van der Waals surface area contributed by atoms with E-state index in [2.05, 4.69) is 11.1 Å². The number of hydrogen-bond acceptors (Lipinski definition) is 7. The summed E-state index contributed by atoms with van der Waals surface area (Å²) in [5.41, 5.74) is 3.68. The van der Waals surface area contributed by atoms with Crippen molar-refractivity contribution in [3.05, 3.63) is 90.0 Å². The summed E-state index contributed by atoms with van der Waals surface area (Å²) in [5.74, 6) is 0.00338. The molecule has 1 aliphatic carbocycles. The first-order chi connectivity index (χ1) is 18.9. The SMILES string of the molecule is CC1(OC(O)N2CC3(C2)C(=O)N(Cc2ncc4ccccc4c2-c2ccc(C#N)nc2)c2ccccc23)CC1. The second-order valence-electron chi connectivity index (χ2n) is 11.0. The fraction of sp³-hybridized carbons (Fsp3) is 0.290. The first kappa shape index (κ1) is 23.9. The molecule has 2 aromatic carbocycles. The molecular formula is C31H27N5O3. The molecule has 1 atom stereocenters. The molecule has 194 valence electrons. The Kier molecular flexibility index (Phi) is 5.32. The molecule has 7 rings (SSSR count). The average molecular weight is 518 g/mol. The quantitative estimate of drug-likeness (QED) is 0.384. The Labute approximate surface area is 226 Å². The number of carbonyl (C=O) groups is 1. The molecule has 0 radical (unpaired) electrons. The molecule has 8 nitrogen and oxygen atoms in total. The molecule has 2 aromatic heterocycles. The number of hydrogen-bond donors (Lipinski definition) is 1. The van der Waals surface area contributed by atoms with Crippen molar-refractivity contribution in [2.24, 2.45) is 0 Å². The minimum Gasteiger partial charge on any atom is -0.356 e. The molecule has 4 aromatic rings. The van der Waals surface area contributed by atoms with E-state index in [1.807, 2.05) is 77.5 Å². The van der Waals surface area contributed by atoms with Crippen LogP contribution >= 0.6 is 0 Å². The average Bonchev–Trinajstić information content (AvgIpc) is 3.61. The zero-order valence-electron chi connectivity index (χ0n) is 21.5. The summed E-state index contributed by atoms with van der Waals surface area (Å²) in [7, 11) is 0. The van der Waals surface area contributed by atoms with Crippen molar-refractivity contribution in [3.8, 4) is 17.2 Å². The highest BCUT2D eigenvalue weighted by Gasteiger charge is 2.60. The van der Waals surface area contributed by atoms with Crippen molar-refractivity contribution < 1.29 is 14.6 Å². The van der Waals surface area contributed by atoms with Gasteiger partial charge in [0.15, 0.2) is 0 Å². The zero-order chi connectivity index (χ0) is 26.8. The third-order valence-electron chi connectivity index (χ3n) is 8.32. The van der Waals surface area contributed by atoms with Crippen LogP contribution in [-0.2, 0) is 21.5 Å². The van der Waals surface area contributed by atoms with Gasteiger partial charge in [0.25, 0.3) is 0 Å². The van der Waals surface area contributed by atoms with Crippen LogP contribution in [-0.4, -0.2) is 51.0 Å². The predicted octanol–water partition coefficient (Wildman–Crippen LogP) is 4.11. The standard InChI is InChI=1S/C31H27N5O3/c1-30(12-13-30)39-29(38)35-18-31(19-35)24-8-4-5-9-26(24)36(28(31)37)17-25-27(21-10-11-22(14-32)33-16-21)23-7-3-2-6-20(23)15-34-25/h2-11,15-16,29,38H,12-13,17-19H2,1H3. The van der Waals surface area contributed by atoms with Crippen molar-refractivity contribution in [1.29, 1.82) is 5.26 Å². The highest BCUT2D eigenvalue weighted by molar-refractivity contribution is 6.09. The molecule has 1 saturated heterocycles. The van der Waals surface area contributed by atoms with Gasteiger partial charge in [0.1, 0.15) is 17.2 Å². The molecule has 1 N–H and O–H groups in total. The Morgan fingerprint density at radius 2 is 1.82 bits per heavy atom. The number of amides is 1. The van der Waals surface area contributed by atoms with E-state index in [-0.39, 0.29) is 18.1 Å². The molecule has 3 aliphatic rings. The van der Waals surface area contributed by atoms with E-state index < -0.39 is 11.8 Å². The lowest BCUT2D eigenvalue weighted by Crippen LogP contribution is -2.66. The molecule has 0 bridgehead atoms. The number of pyridine rings is 2. The largest absolute Gasteiger partial charge is 0.356 e. The number of ether oxygens (including phenoxy) is 1. The monoisotopic (exact) mass is 517 g/mol. The van der Waals surface area contributed by atoms with Gasteiger partial charge in [0.05, 0.1) is 17.8 Å². The number of anilines is 1. The Hall–Kier alpha value is -4.16. The number of nitriles is 1. The number of likely N-dealkylation sites (tertiary alicyclic amines) is 1. The maximum Gasteiger partial charge on any atom is 0.240 e. The molecule has 1 amide bonds. The van der Waals surface area contributed by atoms with Crippen LogP contribution in [0.15, 0.2) is 73.1 Å². The Bertz CT molecular complexity index is 1650. The third-order valence-corrected chi connectivity index (χ3v) is 8.32. The van der Waals surface area contributed by atoms with E-state index in [4.69, 9.17) is 9.72 Å². The highest BCUT2D eigenvalue weighted by atomic mass is 16.6. The molecule has 1 spiro atoms. The second kappa shape index (κ2) is 8.68. The van der Waals surface area contributed by atoms with Crippen molar-refractivity contribution in [3.63, 3.8) is 0 Å². The van der Waals surface area contributed by atoms with Gasteiger partial charge in [-0.1, -0.05) is 42.5 Å². The van der Waals surface area contributed by atoms with Crippen molar-refractivity contribution >= 4 is 22.4 Å². The Balaban J connectivity index is 1.25. The Morgan fingerprint density at radius 1 is 1.05 bits per heavy atom. The number of rotatable bonds is 6. The van der Waals surface area contributed by atoms with E-state index >= 15 is 0 Å². The normalized spacial score (nSPS) is 19.5. The number of nitrogens with zero attached hydrogens (tertiary/aromatic N) is 5. The van der Waals surface area contributed by atoms with Crippen LogP contribution in [0, 0.1) is 11.3 Å². The van der Waals surface area contributed by atoms with Crippen LogP contribution in [0.5, 0.6) is 0 Å². The molecule has 1 unspecified atom stereocenters. The summed E-state index contributed by atoms with van der Waals surface area (Å²) in [6.45, 7) is 3.08. The number of aliphatic hydroxyl groups is 1. The van der Waals surface area contributed by atoms with Gasteiger partial charge in [0, 0.05) is 47.7 Å². The van der Waals surface area contributed by atoms with Gasteiger partial charge < -0.3 is 14.7 Å². The van der Waals surface area contributed by atoms with Gasteiger partial charge in [-0.2, -0.15) is 5.26 Å². The zero-order valence-corrected chi connectivity index (χ0v) is 21.5. The van der Waals surface area contributed by atoms with Crippen molar-refractivity contribution in [2.45, 2.75) is 43.7 Å². The van der Waals surface area contributed by atoms with Crippen LogP contribution in [0.25, 0.3) is 21.9 Å². The fourth-order valence-corrected chi connectivity index (χ4v) is 5.89. The van der Waals surface area contributed by atoms with Crippen LogP contribution in [0.3, 0.4) is 0 Å². The summed E-state index contributed by atoms with van der Waals surface area (Å²) in [6.07, 6.45) is 4.39. The molecule has 2 fully saturated rings. The molecule has 1 saturated carbocycles. The molecule has 4 heterocycles. The van der Waals surface area contributed by atoms with Crippen LogP contribution < -0.4 is 4.90 Å². The molecule has 2 aliphatic heterocycles. The minimum atomic E-state index is -1.02. The summed E-state index contributed by atoms with van der Waals surface area (Å²) in [4.78, 5) is 26.9. The summed E-state index contributed by atoms with van der Waals surface area (Å²) < 4.78 is 5.84. The number of aliphatic hydroxyl groups excluding tert-OH is 1. The fourth-order valence-electron chi connectivity index (χ4n) is 5.89. The van der Waals surface area contributed by atoms with E-state index in [1.54, 1.807) is 12.3 Å². The molecule has 39 heavy (non-hydrogen) atoms. The number of carbonyl (C=O) groups excluding carboxylic acids is 1. The third kappa shape index (κ3) is 3.81. The van der Waals surface area contributed by atoms with Gasteiger partial charge in [-0.3, -0.25) is 14.7 Å². The summed E-state index contributed by atoms with van der Waals surface area (Å²) >= 11 is 0. The van der Waals surface area contributed by atoms with Gasteiger partial charge in [0.2, 0.25) is 12.3 Å². The van der Waals surface area contributed by atoms with E-state index in [1.165, 1.54) is 0 Å². The smallest absolute Gasteiger partial charge is 0.240 e. The van der Waals surface area contributed by atoms with Crippen molar-refractivity contribution in [1.82, 2.24) is 14.9 Å². The number of benzene rings is 2. The lowest BCUT2D eigenvalue weighted by atomic mass is 9.75.